The molecule has 0 atom stereocenters. The van der Waals surface area contributed by atoms with Crippen molar-refractivity contribution in [1.29, 1.82) is 0 Å². The van der Waals surface area contributed by atoms with Gasteiger partial charge in [0.25, 0.3) is 16.0 Å². The largest absolute Gasteiger partial charge is 0.378 e. The Morgan fingerprint density at radius 3 is 1.94 bits per heavy atom. The first-order chi connectivity index (χ1) is 17.0. The number of hydrogen-bond acceptors (Lipinski definition) is 6. The molecule has 0 spiro atoms. The third-order valence-corrected chi connectivity index (χ3v) is 6.61. The fraction of sp³-hybridized carbons (Fsp3) is 0.333. The van der Waals surface area contributed by atoms with E-state index >= 15 is 0 Å². The molecule has 0 unspecified atom stereocenters. The maximum absolute atomic E-state index is 12.7. The number of hydrogen-bond donors (Lipinski definition) is 1. The van der Waals surface area contributed by atoms with Gasteiger partial charge in [0.2, 0.25) is 0 Å². The van der Waals surface area contributed by atoms with Gasteiger partial charge in [-0.3, -0.25) is 9.35 Å². The molecule has 1 N–H and O–H groups in total. The van der Waals surface area contributed by atoms with Gasteiger partial charge in [-0.1, -0.05) is 45.1 Å². The summed E-state index contributed by atoms with van der Waals surface area (Å²) in [7, 11) is -0.332. The summed E-state index contributed by atoms with van der Waals surface area (Å²) in [6.07, 6.45) is 5.39. The van der Waals surface area contributed by atoms with Crippen LogP contribution in [-0.2, 0) is 14.9 Å². The Hall–Kier alpha value is -3.27. The highest BCUT2D eigenvalue weighted by Gasteiger charge is 2.28. The van der Waals surface area contributed by atoms with Gasteiger partial charge in [-0.15, -0.1) is 0 Å². The summed E-state index contributed by atoms with van der Waals surface area (Å²) in [5, 5.41) is 5.45. The van der Waals surface area contributed by atoms with Gasteiger partial charge in [0.15, 0.2) is 0 Å². The number of benzene rings is 2. The molecule has 0 fully saturated rings. The molecule has 0 bridgehead atoms. The summed E-state index contributed by atoms with van der Waals surface area (Å²) in [6, 6.07) is 13.3. The Morgan fingerprint density at radius 2 is 1.50 bits per heavy atom. The minimum absolute atomic E-state index is 0.243. The molecule has 8 nitrogen and oxygen atoms in total. The number of nitrogens with zero attached hydrogens (tertiary/aromatic N) is 4. The van der Waals surface area contributed by atoms with E-state index in [0.717, 1.165) is 11.3 Å². The number of hydrazone groups is 1. The number of amides is 1. The fourth-order valence-electron chi connectivity index (χ4n) is 3.45. The second kappa shape index (κ2) is 13.2. The second-order valence-corrected chi connectivity index (χ2v) is 9.74. The molecule has 1 amide bonds. The van der Waals surface area contributed by atoms with Gasteiger partial charge in [0.1, 0.15) is 0 Å². The number of carbonyl (C=O) groups excluding carboxylic acids is 1. The molecule has 0 aliphatic carbocycles. The monoisotopic (exact) mass is 512 g/mol. The topological polar surface area (TPSA) is 93.5 Å². The van der Waals surface area contributed by atoms with E-state index in [1.54, 1.807) is 19.1 Å². The molecule has 9 heteroatoms. The molecule has 3 rings (SSSR count). The average Bonchev–Trinajstić information content (AvgIpc) is 3.14. The van der Waals surface area contributed by atoms with Crippen LogP contribution in [0.2, 0.25) is 0 Å². The number of allylic oxidation sites excluding steroid dienone is 2. The van der Waals surface area contributed by atoms with Crippen molar-refractivity contribution >= 4 is 39.2 Å². The quantitative estimate of drug-likeness (QED) is 0.407. The van der Waals surface area contributed by atoms with Crippen LogP contribution in [0.25, 0.3) is 6.08 Å². The molecule has 1 aliphatic heterocycles. The van der Waals surface area contributed by atoms with E-state index in [9.17, 15) is 13.2 Å². The minimum Gasteiger partial charge on any atom is -0.378 e. The van der Waals surface area contributed by atoms with Gasteiger partial charge < -0.3 is 9.80 Å². The van der Waals surface area contributed by atoms with E-state index in [0.29, 0.717) is 17.0 Å². The van der Waals surface area contributed by atoms with Crippen LogP contribution in [0.3, 0.4) is 0 Å². The molecule has 0 radical (unpaired) electrons. The van der Waals surface area contributed by atoms with Crippen molar-refractivity contribution in [1.82, 2.24) is 4.90 Å². The van der Waals surface area contributed by atoms with Crippen molar-refractivity contribution in [2.75, 3.05) is 43.6 Å². The maximum atomic E-state index is 12.7. The first-order valence-electron chi connectivity index (χ1n) is 11.9. The lowest BCUT2D eigenvalue weighted by Gasteiger charge is -2.13. The molecule has 36 heavy (non-hydrogen) atoms. The molecule has 1 aliphatic rings. The Bertz CT molecular complexity index is 1210. The van der Waals surface area contributed by atoms with Gasteiger partial charge in [0, 0.05) is 19.8 Å². The number of rotatable bonds is 8. The van der Waals surface area contributed by atoms with Gasteiger partial charge in [-0.05, 0) is 74.6 Å². The normalized spacial score (nSPS) is 14.9. The minimum atomic E-state index is -4.29. The molecule has 0 saturated heterocycles. The van der Waals surface area contributed by atoms with E-state index in [1.165, 1.54) is 48.9 Å². The third kappa shape index (κ3) is 7.87. The Labute approximate surface area is 215 Å². The summed E-state index contributed by atoms with van der Waals surface area (Å²) in [6.45, 7) is 11.9. The first-order valence-corrected chi connectivity index (χ1v) is 13.3. The van der Waals surface area contributed by atoms with Crippen LogP contribution in [0.4, 0.5) is 11.4 Å². The Kier molecular flexibility index (Phi) is 10.6. The highest BCUT2D eigenvalue weighted by Crippen LogP contribution is 2.25. The van der Waals surface area contributed by atoms with Gasteiger partial charge in [0.05, 0.1) is 21.9 Å². The molecule has 1 heterocycles. The molecule has 0 aromatic heterocycles. The first kappa shape index (κ1) is 29.0. The smallest absolute Gasteiger partial charge is 0.294 e. The summed E-state index contributed by atoms with van der Waals surface area (Å²) in [5.74, 6) is -0.310. The number of anilines is 2. The predicted molar refractivity (Wildman–Crippen MR) is 148 cm³/mol. The van der Waals surface area contributed by atoms with Crippen LogP contribution in [0.15, 0.2) is 76.3 Å². The molecule has 2 aromatic carbocycles. The zero-order valence-electron chi connectivity index (χ0n) is 21.8. The maximum Gasteiger partial charge on any atom is 0.294 e. The lowest BCUT2D eigenvalue weighted by atomic mass is 10.1. The van der Waals surface area contributed by atoms with Crippen molar-refractivity contribution in [3.63, 3.8) is 0 Å². The van der Waals surface area contributed by atoms with Crippen LogP contribution < -0.4 is 9.91 Å². The molecule has 2 aromatic rings. The van der Waals surface area contributed by atoms with Gasteiger partial charge >= 0.3 is 0 Å². The SMILES string of the molecule is CC1=NN(c2ccc(S(=O)(=O)O)cc2)C(=O)/C1=C/C=C/c1ccc(N(C)C)cc1.CCN(CC)CC. The van der Waals surface area contributed by atoms with Crippen molar-refractivity contribution < 1.29 is 17.8 Å². The van der Waals surface area contributed by atoms with E-state index in [-0.39, 0.29) is 10.8 Å². The highest BCUT2D eigenvalue weighted by molar-refractivity contribution is 7.85. The highest BCUT2D eigenvalue weighted by atomic mass is 32.2. The Balaban J connectivity index is 0.000000572. The van der Waals surface area contributed by atoms with E-state index in [2.05, 4.69) is 30.8 Å². The zero-order valence-corrected chi connectivity index (χ0v) is 22.7. The lowest BCUT2D eigenvalue weighted by molar-refractivity contribution is -0.114. The summed E-state index contributed by atoms with van der Waals surface area (Å²) < 4.78 is 31.4. The van der Waals surface area contributed by atoms with E-state index in [1.807, 2.05) is 49.3 Å². The Morgan fingerprint density at radius 1 is 0.944 bits per heavy atom. The summed E-state index contributed by atoms with van der Waals surface area (Å²) in [4.78, 5) is 16.8. The van der Waals surface area contributed by atoms with Crippen LogP contribution in [0.5, 0.6) is 0 Å². The van der Waals surface area contributed by atoms with Crippen LogP contribution in [-0.4, -0.2) is 63.2 Å². The molecule has 0 saturated carbocycles. The second-order valence-electron chi connectivity index (χ2n) is 8.32. The van der Waals surface area contributed by atoms with Gasteiger partial charge in [-0.2, -0.15) is 18.5 Å². The lowest BCUT2D eigenvalue weighted by Crippen LogP contribution is -2.21. The fourth-order valence-corrected chi connectivity index (χ4v) is 3.93. The average molecular weight is 513 g/mol. The van der Waals surface area contributed by atoms with Crippen molar-refractivity contribution in [3.05, 3.63) is 71.8 Å². The van der Waals surface area contributed by atoms with E-state index < -0.39 is 10.1 Å². The van der Waals surface area contributed by atoms with E-state index in [4.69, 9.17) is 4.55 Å². The van der Waals surface area contributed by atoms with Crippen molar-refractivity contribution in [3.8, 4) is 0 Å². The molecule has 194 valence electrons. The van der Waals surface area contributed by atoms with Crippen LogP contribution >= 0.6 is 0 Å². The third-order valence-electron chi connectivity index (χ3n) is 5.74. The standard InChI is InChI=1S/C21H21N3O4S.C6H15N/c1-15-20(6-4-5-16-7-9-17(10-8-16)23(2)3)21(25)24(22-15)18-11-13-19(14-12-18)29(26,27)28;1-4-7(5-2)6-3/h4-14H,1-3H3,(H,26,27,28);4-6H2,1-3H3/b5-4+,20-6+;. The molecular weight excluding hydrogens is 476 g/mol. The summed E-state index contributed by atoms with van der Waals surface area (Å²) in [5.41, 5.74) is 3.52. The van der Waals surface area contributed by atoms with Crippen LogP contribution in [0, 0.1) is 0 Å². The van der Waals surface area contributed by atoms with Crippen LogP contribution in [0.1, 0.15) is 33.3 Å². The zero-order chi connectivity index (χ0) is 26.9. The number of carbonyl (C=O) groups is 1. The van der Waals surface area contributed by atoms with Crippen molar-refractivity contribution in [2.45, 2.75) is 32.6 Å². The molecular formula is C27H36N4O4S. The van der Waals surface area contributed by atoms with Crippen molar-refractivity contribution in [2.24, 2.45) is 5.10 Å². The van der Waals surface area contributed by atoms with Gasteiger partial charge in [-0.25, -0.2) is 0 Å². The summed E-state index contributed by atoms with van der Waals surface area (Å²) >= 11 is 0. The predicted octanol–water partition coefficient (Wildman–Crippen LogP) is 4.71.